The summed E-state index contributed by atoms with van der Waals surface area (Å²) in [4.78, 5) is 14.0. The zero-order chi connectivity index (χ0) is 14.5. The Morgan fingerprint density at radius 3 is 2.63 bits per heavy atom. The summed E-state index contributed by atoms with van der Waals surface area (Å²) in [5.74, 6) is 0.637. The maximum absolute atomic E-state index is 12.1. The first-order valence-electron chi connectivity index (χ1n) is 7.49. The van der Waals surface area contributed by atoms with Crippen LogP contribution in [0.25, 0.3) is 0 Å². The number of rotatable bonds is 3. The van der Waals surface area contributed by atoms with Gasteiger partial charge in [-0.15, -0.1) is 0 Å². The van der Waals surface area contributed by atoms with E-state index in [0.717, 1.165) is 32.5 Å². The number of likely N-dealkylation sites (tertiary alicyclic amines) is 1. The molecule has 0 aliphatic carbocycles. The fourth-order valence-electron chi connectivity index (χ4n) is 2.20. The van der Waals surface area contributed by atoms with Crippen molar-refractivity contribution in [1.82, 2.24) is 10.2 Å². The summed E-state index contributed by atoms with van der Waals surface area (Å²) >= 11 is 0. The second kappa shape index (κ2) is 7.13. The molecule has 1 fully saturated rings. The summed E-state index contributed by atoms with van der Waals surface area (Å²) < 4.78 is 5.47. The Balaban J connectivity index is 2.50. The van der Waals surface area contributed by atoms with Crippen molar-refractivity contribution in [2.75, 3.05) is 19.6 Å². The van der Waals surface area contributed by atoms with Gasteiger partial charge in [0.1, 0.15) is 5.60 Å². The fourth-order valence-corrected chi connectivity index (χ4v) is 2.20. The number of amides is 1. The highest BCUT2D eigenvalue weighted by atomic mass is 16.6. The molecule has 1 aliphatic heterocycles. The highest BCUT2D eigenvalue weighted by Gasteiger charge is 2.26. The van der Waals surface area contributed by atoms with Crippen LogP contribution < -0.4 is 5.32 Å². The average Bonchev–Trinajstić information content (AvgIpc) is 2.49. The molecule has 4 heteroatoms. The Labute approximate surface area is 117 Å². The van der Waals surface area contributed by atoms with Crippen LogP contribution >= 0.6 is 0 Å². The van der Waals surface area contributed by atoms with Crippen LogP contribution in [-0.2, 0) is 4.74 Å². The summed E-state index contributed by atoms with van der Waals surface area (Å²) in [6.07, 6.45) is 3.21. The highest BCUT2D eigenvalue weighted by Crippen LogP contribution is 2.15. The molecule has 0 spiro atoms. The maximum Gasteiger partial charge on any atom is 0.410 e. The minimum atomic E-state index is -0.412. The number of hydrogen-bond donors (Lipinski definition) is 1. The van der Waals surface area contributed by atoms with Crippen LogP contribution in [0.5, 0.6) is 0 Å². The Morgan fingerprint density at radius 1 is 1.37 bits per heavy atom. The lowest BCUT2D eigenvalue weighted by molar-refractivity contribution is 0.0243. The van der Waals surface area contributed by atoms with E-state index >= 15 is 0 Å². The molecule has 1 rings (SSSR count). The van der Waals surface area contributed by atoms with Gasteiger partial charge < -0.3 is 15.0 Å². The standard InChI is InChI=1S/C15H30N2O2/c1-12(2)10-16-13-8-6-7-9-17(11-13)14(18)19-15(3,4)5/h12-13,16H,6-11H2,1-5H3. The molecule has 4 nitrogen and oxygen atoms in total. The van der Waals surface area contributed by atoms with Crippen molar-refractivity contribution >= 4 is 6.09 Å². The lowest BCUT2D eigenvalue weighted by Gasteiger charge is -2.29. The number of carbonyl (C=O) groups is 1. The summed E-state index contributed by atoms with van der Waals surface area (Å²) in [6, 6.07) is 0.400. The van der Waals surface area contributed by atoms with Gasteiger partial charge in [0.2, 0.25) is 0 Å². The van der Waals surface area contributed by atoms with E-state index in [-0.39, 0.29) is 6.09 Å². The largest absolute Gasteiger partial charge is 0.444 e. The van der Waals surface area contributed by atoms with Gasteiger partial charge in [-0.05, 0) is 46.1 Å². The normalized spacial score (nSPS) is 21.4. The second-order valence-corrected chi connectivity index (χ2v) is 6.92. The van der Waals surface area contributed by atoms with Crippen molar-refractivity contribution in [3.8, 4) is 0 Å². The predicted octanol–water partition coefficient (Wildman–Crippen LogP) is 3.02. The quantitative estimate of drug-likeness (QED) is 0.857. The van der Waals surface area contributed by atoms with E-state index in [9.17, 15) is 4.79 Å². The summed E-state index contributed by atoms with van der Waals surface area (Å²) in [5, 5.41) is 3.56. The van der Waals surface area contributed by atoms with Gasteiger partial charge in [-0.1, -0.05) is 20.3 Å². The Bertz CT molecular complexity index is 284. The average molecular weight is 270 g/mol. The molecule has 1 atom stereocenters. The van der Waals surface area contributed by atoms with Crippen molar-refractivity contribution < 1.29 is 9.53 Å². The van der Waals surface area contributed by atoms with E-state index in [1.165, 1.54) is 6.42 Å². The molecule has 0 aromatic carbocycles. The number of nitrogens with one attached hydrogen (secondary N) is 1. The minimum absolute atomic E-state index is 0.175. The van der Waals surface area contributed by atoms with Gasteiger partial charge in [0.05, 0.1) is 0 Å². The van der Waals surface area contributed by atoms with Crippen LogP contribution in [0.15, 0.2) is 0 Å². The molecule has 1 amide bonds. The molecule has 1 aliphatic rings. The van der Waals surface area contributed by atoms with Crippen molar-refractivity contribution in [1.29, 1.82) is 0 Å². The van der Waals surface area contributed by atoms with E-state index in [2.05, 4.69) is 19.2 Å². The molecule has 0 aromatic rings. The molecule has 1 heterocycles. The van der Waals surface area contributed by atoms with E-state index in [1.807, 2.05) is 25.7 Å². The highest BCUT2D eigenvalue weighted by molar-refractivity contribution is 5.68. The topological polar surface area (TPSA) is 41.6 Å². The van der Waals surface area contributed by atoms with Crippen LogP contribution in [0.2, 0.25) is 0 Å². The van der Waals surface area contributed by atoms with Gasteiger partial charge in [0.15, 0.2) is 0 Å². The van der Waals surface area contributed by atoms with Gasteiger partial charge >= 0.3 is 6.09 Å². The fraction of sp³-hybridized carbons (Fsp3) is 0.933. The number of hydrogen-bond acceptors (Lipinski definition) is 3. The minimum Gasteiger partial charge on any atom is -0.444 e. The van der Waals surface area contributed by atoms with Gasteiger partial charge in [-0.2, -0.15) is 0 Å². The number of carbonyl (C=O) groups excluding carboxylic acids is 1. The van der Waals surface area contributed by atoms with Gasteiger partial charge in [-0.25, -0.2) is 4.79 Å². The molecule has 1 unspecified atom stereocenters. The van der Waals surface area contributed by atoms with E-state index in [4.69, 9.17) is 4.74 Å². The first-order chi connectivity index (χ1) is 8.78. The molecule has 0 radical (unpaired) electrons. The molecule has 0 bridgehead atoms. The lowest BCUT2D eigenvalue weighted by atomic mass is 10.1. The molecular formula is C15H30N2O2. The van der Waals surface area contributed by atoms with Crippen molar-refractivity contribution in [3.05, 3.63) is 0 Å². The van der Waals surface area contributed by atoms with E-state index < -0.39 is 5.60 Å². The van der Waals surface area contributed by atoms with Gasteiger partial charge in [0, 0.05) is 19.1 Å². The first-order valence-corrected chi connectivity index (χ1v) is 7.49. The molecule has 19 heavy (non-hydrogen) atoms. The monoisotopic (exact) mass is 270 g/mol. The molecule has 0 aromatic heterocycles. The summed E-state index contributed by atoms with van der Waals surface area (Å²) in [5.41, 5.74) is -0.412. The third-order valence-corrected chi connectivity index (χ3v) is 3.14. The molecule has 0 saturated carbocycles. The zero-order valence-electron chi connectivity index (χ0n) is 13.2. The van der Waals surface area contributed by atoms with E-state index in [1.54, 1.807) is 0 Å². The van der Waals surface area contributed by atoms with Gasteiger partial charge in [0.25, 0.3) is 0 Å². The Hall–Kier alpha value is -0.770. The van der Waals surface area contributed by atoms with Crippen LogP contribution in [0.1, 0.15) is 53.9 Å². The molecule has 1 N–H and O–H groups in total. The van der Waals surface area contributed by atoms with Crippen LogP contribution in [0.4, 0.5) is 4.79 Å². The SMILES string of the molecule is CC(C)CNC1CCCCN(C(=O)OC(C)(C)C)C1. The maximum atomic E-state index is 12.1. The van der Waals surface area contributed by atoms with Crippen LogP contribution in [-0.4, -0.2) is 42.3 Å². The summed E-state index contributed by atoms with van der Waals surface area (Å²) in [6.45, 7) is 12.7. The Kier molecular flexibility index (Phi) is 6.11. The third kappa shape index (κ3) is 6.81. The van der Waals surface area contributed by atoms with Crippen LogP contribution in [0.3, 0.4) is 0 Å². The lowest BCUT2D eigenvalue weighted by Crippen LogP contribution is -2.45. The molecular weight excluding hydrogens is 240 g/mol. The zero-order valence-corrected chi connectivity index (χ0v) is 13.2. The van der Waals surface area contributed by atoms with E-state index in [0.29, 0.717) is 12.0 Å². The predicted molar refractivity (Wildman–Crippen MR) is 78.3 cm³/mol. The summed E-state index contributed by atoms with van der Waals surface area (Å²) in [7, 11) is 0. The number of ether oxygens (including phenoxy) is 1. The van der Waals surface area contributed by atoms with Gasteiger partial charge in [-0.3, -0.25) is 0 Å². The molecule has 1 saturated heterocycles. The van der Waals surface area contributed by atoms with Crippen molar-refractivity contribution in [2.45, 2.75) is 65.5 Å². The Morgan fingerprint density at radius 2 is 2.05 bits per heavy atom. The molecule has 112 valence electrons. The number of nitrogens with zero attached hydrogens (tertiary/aromatic N) is 1. The third-order valence-electron chi connectivity index (χ3n) is 3.14. The smallest absolute Gasteiger partial charge is 0.410 e. The van der Waals surface area contributed by atoms with Crippen molar-refractivity contribution in [3.63, 3.8) is 0 Å². The first kappa shape index (κ1) is 16.3. The second-order valence-electron chi connectivity index (χ2n) is 6.92. The van der Waals surface area contributed by atoms with Crippen LogP contribution in [0, 0.1) is 5.92 Å². The van der Waals surface area contributed by atoms with Crippen molar-refractivity contribution in [2.24, 2.45) is 5.92 Å².